The Morgan fingerprint density at radius 2 is 1.55 bits per heavy atom. The van der Waals surface area contributed by atoms with E-state index in [0.717, 1.165) is 63.2 Å². The van der Waals surface area contributed by atoms with Crippen molar-refractivity contribution in [2.75, 3.05) is 32.8 Å². The molecule has 5 heteroatoms. The van der Waals surface area contributed by atoms with Gasteiger partial charge >= 0.3 is 0 Å². The van der Waals surface area contributed by atoms with Gasteiger partial charge in [0.15, 0.2) is 0 Å². The number of rotatable bonds is 6. The summed E-state index contributed by atoms with van der Waals surface area (Å²) in [6.07, 6.45) is 3.91. The van der Waals surface area contributed by atoms with E-state index in [0.29, 0.717) is 30.3 Å². The molecule has 5 rings (SSSR count). The first-order valence-corrected chi connectivity index (χ1v) is 12.3. The lowest BCUT2D eigenvalue weighted by Crippen LogP contribution is -2.41. The standard InChI is InChI=1S/C28H34N2O3/c1-21(31)29-16-12-22(13-17-29)26-19-30(18-23(26)20-33-25-10-6-3-7-11-25)27(32)28(14-15-28)24-8-4-2-5-9-24/h2-11,22-23,26H,12-20H2,1H3/t23-,26-/m0/s1. The summed E-state index contributed by atoms with van der Waals surface area (Å²) in [5.41, 5.74) is 0.837. The maximum Gasteiger partial charge on any atom is 0.233 e. The number of para-hydroxylation sites is 1. The predicted molar refractivity (Wildman–Crippen MR) is 128 cm³/mol. The lowest BCUT2D eigenvalue weighted by Gasteiger charge is -2.36. The van der Waals surface area contributed by atoms with Crippen molar-refractivity contribution in [3.05, 3.63) is 66.2 Å². The van der Waals surface area contributed by atoms with Crippen LogP contribution in [0.15, 0.2) is 60.7 Å². The predicted octanol–water partition coefficient (Wildman–Crippen LogP) is 4.13. The molecular formula is C28H34N2O3. The van der Waals surface area contributed by atoms with Crippen LogP contribution in [0.25, 0.3) is 0 Å². The summed E-state index contributed by atoms with van der Waals surface area (Å²) in [4.78, 5) is 29.6. The monoisotopic (exact) mass is 446 g/mol. The van der Waals surface area contributed by atoms with Gasteiger partial charge in [-0.2, -0.15) is 0 Å². The van der Waals surface area contributed by atoms with Crippen LogP contribution < -0.4 is 4.74 Å². The molecule has 2 amide bonds. The lowest BCUT2D eigenvalue weighted by molar-refractivity contribution is -0.133. The molecule has 33 heavy (non-hydrogen) atoms. The normalized spacial score (nSPS) is 24.5. The molecule has 3 fully saturated rings. The van der Waals surface area contributed by atoms with Crippen molar-refractivity contribution in [3.63, 3.8) is 0 Å². The zero-order chi connectivity index (χ0) is 22.8. The molecule has 0 radical (unpaired) electrons. The van der Waals surface area contributed by atoms with Crippen molar-refractivity contribution in [3.8, 4) is 5.75 Å². The number of benzene rings is 2. The van der Waals surface area contributed by atoms with Crippen LogP contribution in [0.5, 0.6) is 5.75 Å². The van der Waals surface area contributed by atoms with Crippen molar-refractivity contribution in [2.24, 2.45) is 17.8 Å². The SMILES string of the molecule is CC(=O)N1CCC([C@@H]2CN(C(=O)C3(c4ccccc4)CC3)C[C@H]2COc2ccccc2)CC1. The molecule has 2 aliphatic heterocycles. The van der Waals surface area contributed by atoms with Gasteiger partial charge in [-0.3, -0.25) is 9.59 Å². The lowest BCUT2D eigenvalue weighted by atomic mass is 9.78. The van der Waals surface area contributed by atoms with Gasteiger partial charge in [0.2, 0.25) is 11.8 Å². The summed E-state index contributed by atoms with van der Waals surface area (Å²) < 4.78 is 6.18. The minimum Gasteiger partial charge on any atom is -0.493 e. The summed E-state index contributed by atoms with van der Waals surface area (Å²) in [5.74, 6) is 2.60. The van der Waals surface area contributed by atoms with Gasteiger partial charge in [0, 0.05) is 39.0 Å². The van der Waals surface area contributed by atoms with Crippen LogP contribution >= 0.6 is 0 Å². The second kappa shape index (κ2) is 9.20. The van der Waals surface area contributed by atoms with Crippen LogP contribution in [0.4, 0.5) is 0 Å². The number of ether oxygens (including phenoxy) is 1. The molecule has 0 N–H and O–H groups in total. The molecule has 0 spiro atoms. The third kappa shape index (κ3) is 4.50. The van der Waals surface area contributed by atoms with Crippen LogP contribution in [0.1, 0.15) is 38.2 Å². The van der Waals surface area contributed by atoms with Crippen LogP contribution in [0, 0.1) is 17.8 Å². The minimum absolute atomic E-state index is 0.166. The number of hydrogen-bond acceptors (Lipinski definition) is 3. The van der Waals surface area contributed by atoms with E-state index in [1.165, 1.54) is 0 Å². The van der Waals surface area contributed by atoms with Crippen molar-refractivity contribution in [1.82, 2.24) is 9.80 Å². The largest absolute Gasteiger partial charge is 0.493 e. The Labute approximate surface area is 196 Å². The quantitative estimate of drug-likeness (QED) is 0.670. The molecule has 1 saturated carbocycles. The maximum atomic E-state index is 13.8. The third-order valence-electron chi connectivity index (χ3n) is 8.06. The average molecular weight is 447 g/mol. The van der Waals surface area contributed by atoms with E-state index in [2.05, 4.69) is 17.0 Å². The number of piperidine rings is 1. The third-order valence-corrected chi connectivity index (χ3v) is 8.06. The molecular weight excluding hydrogens is 412 g/mol. The topological polar surface area (TPSA) is 49.9 Å². The van der Waals surface area contributed by atoms with Crippen LogP contribution in [0.2, 0.25) is 0 Å². The highest BCUT2D eigenvalue weighted by Crippen LogP contribution is 2.51. The van der Waals surface area contributed by atoms with Gasteiger partial charge in [-0.15, -0.1) is 0 Å². The number of carbonyl (C=O) groups is 2. The van der Waals surface area contributed by atoms with Crippen LogP contribution in [-0.4, -0.2) is 54.4 Å². The number of hydrogen-bond donors (Lipinski definition) is 0. The van der Waals surface area contributed by atoms with Gasteiger partial charge in [-0.05, 0) is 55.2 Å². The Kier molecular flexibility index (Phi) is 6.13. The Bertz CT molecular complexity index is 965. The average Bonchev–Trinajstić information content (AvgIpc) is 3.57. The van der Waals surface area contributed by atoms with Gasteiger partial charge in [0.05, 0.1) is 12.0 Å². The van der Waals surface area contributed by atoms with Crippen molar-refractivity contribution in [1.29, 1.82) is 0 Å². The van der Waals surface area contributed by atoms with E-state index in [1.54, 1.807) is 6.92 Å². The molecule has 0 unspecified atom stereocenters. The second-order valence-electron chi connectivity index (χ2n) is 10.0. The summed E-state index contributed by atoms with van der Waals surface area (Å²) in [6.45, 7) is 5.50. The fourth-order valence-electron chi connectivity index (χ4n) is 5.95. The number of amides is 2. The number of carbonyl (C=O) groups excluding carboxylic acids is 2. The molecule has 0 aromatic heterocycles. The number of likely N-dealkylation sites (tertiary alicyclic amines) is 2. The maximum absolute atomic E-state index is 13.8. The molecule has 3 aliphatic rings. The summed E-state index contributed by atoms with van der Waals surface area (Å²) >= 11 is 0. The molecule has 2 saturated heterocycles. The zero-order valence-electron chi connectivity index (χ0n) is 19.5. The Morgan fingerprint density at radius 3 is 2.15 bits per heavy atom. The highest BCUT2D eigenvalue weighted by Gasteiger charge is 2.55. The van der Waals surface area contributed by atoms with E-state index in [4.69, 9.17) is 4.74 Å². The first-order valence-electron chi connectivity index (χ1n) is 12.3. The second-order valence-corrected chi connectivity index (χ2v) is 10.0. The van der Waals surface area contributed by atoms with Gasteiger partial charge in [0.1, 0.15) is 5.75 Å². The molecule has 174 valence electrons. The first kappa shape index (κ1) is 22.0. The van der Waals surface area contributed by atoms with Crippen LogP contribution in [-0.2, 0) is 15.0 Å². The van der Waals surface area contributed by atoms with Gasteiger partial charge in [-0.1, -0.05) is 48.5 Å². The summed E-state index contributed by atoms with van der Waals surface area (Å²) in [5, 5.41) is 0. The molecule has 2 aromatic carbocycles. The fourth-order valence-corrected chi connectivity index (χ4v) is 5.95. The molecule has 2 atom stereocenters. The van der Waals surface area contributed by atoms with Crippen molar-refractivity contribution >= 4 is 11.8 Å². The van der Waals surface area contributed by atoms with E-state index < -0.39 is 0 Å². The van der Waals surface area contributed by atoms with E-state index >= 15 is 0 Å². The van der Waals surface area contributed by atoms with E-state index in [-0.39, 0.29) is 11.3 Å². The highest BCUT2D eigenvalue weighted by molar-refractivity contribution is 5.91. The Hall–Kier alpha value is -2.82. The molecule has 1 aliphatic carbocycles. The highest BCUT2D eigenvalue weighted by atomic mass is 16.5. The number of nitrogens with zero attached hydrogens (tertiary/aromatic N) is 2. The van der Waals surface area contributed by atoms with Crippen LogP contribution in [0.3, 0.4) is 0 Å². The van der Waals surface area contributed by atoms with E-state index in [1.807, 2.05) is 53.4 Å². The molecule has 0 bridgehead atoms. The van der Waals surface area contributed by atoms with Gasteiger partial charge < -0.3 is 14.5 Å². The minimum atomic E-state index is -0.320. The fraction of sp³-hybridized carbons (Fsp3) is 0.500. The van der Waals surface area contributed by atoms with Crippen molar-refractivity contribution < 1.29 is 14.3 Å². The first-order chi connectivity index (χ1) is 16.1. The van der Waals surface area contributed by atoms with Crippen molar-refractivity contribution in [2.45, 2.75) is 38.0 Å². The Morgan fingerprint density at radius 1 is 0.909 bits per heavy atom. The Balaban J connectivity index is 1.31. The van der Waals surface area contributed by atoms with E-state index in [9.17, 15) is 9.59 Å². The molecule has 5 nitrogen and oxygen atoms in total. The van der Waals surface area contributed by atoms with Gasteiger partial charge in [-0.25, -0.2) is 0 Å². The molecule has 2 heterocycles. The smallest absolute Gasteiger partial charge is 0.233 e. The molecule has 2 aromatic rings. The summed E-state index contributed by atoms with van der Waals surface area (Å²) in [7, 11) is 0. The van der Waals surface area contributed by atoms with Gasteiger partial charge in [0.25, 0.3) is 0 Å². The zero-order valence-corrected chi connectivity index (χ0v) is 19.5. The summed E-state index contributed by atoms with van der Waals surface area (Å²) in [6, 6.07) is 20.3.